The summed E-state index contributed by atoms with van der Waals surface area (Å²) in [6.07, 6.45) is 0.508. The van der Waals surface area contributed by atoms with E-state index in [2.05, 4.69) is 4.98 Å². The maximum Gasteiger partial charge on any atom is 0.258 e. The quantitative estimate of drug-likeness (QED) is 0.786. The van der Waals surface area contributed by atoms with E-state index in [1.165, 1.54) is 0 Å². The van der Waals surface area contributed by atoms with E-state index in [1.807, 2.05) is 32.9 Å². The number of ether oxygens (including phenoxy) is 1. The van der Waals surface area contributed by atoms with Crippen molar-refractivity contribution in [1.29, 1.82) is 0 Å². The Morgan fingerprint density at radius 1 is 1.50 bits per heavy atom. The minimum Gasteiger partial charge on any atom is -0.479 e. The molecule has 0 aliphatic carbocycles. The molecule has 18 heavy (non-hydrogen) atoms. The molecule has 0 aromatic carbocycles. The van der Waals surface area contributed by atoms with Crippen LogP contribution in [0, 0.1) is 6.92 Å². The predicted molar refractivity (Wildman–Crippen MR) is 70.2 cm³/mol. The third kappa shape index (κ3) is 4.00. The fourth-order valence-corrected chi connectivity index (χ4v) is 1.65. The van der Waals surface area contributed by atoms with Crippen LogP contribution in [-0.2, 0) is 11.2 Å². The number of carbonyl (C=O) groups is 1. The van der Waals surface area contributed by atoms with Crippen LogP contribution in [-0.4, -0.2) is 23.0 Å². The van der Waals surface area contributed by atoms with E-state index in [9.17, 15) is 4.79 Å². The summed E-state index contributed by atoms with van der Waals surface area (Å²) in [5.41, 5.74) is 12.7. The Kier molecular flexibility index (Phi) is 5.09. The van der Waals surface area contributed by atoms with Gasteiger partial charge in [0.2, 0.25) is 0 Å². The molecule has 0 aliphatic heterocycles. The lowest BCUT2D eigenvalue weighted by Gasteiger charge is -2.17. The number of aromatic nitrogens is 1. The molecule has 1 amide bonds. The summed E-state index contributed by atoms with van der Waals surface area (Å²) in [5.74, 6) is 0.119. The third-order valence-electron chi connectivity index (χ3n) is 2.54. The van der Waals surface area contributed by atoms with Crippen molar-refractivity contribution in [2.45, 2.75) is 45.8 Å². The lowest BCUT2D eigenvalue weighted by molar-refractivity contribution is -0.124. The SMILES string of the molecule is CCC(Oc1ccc(C)nc1CC(C)N)C(N)=O. The summed E-state index contributed by atoms with van der Waals surface area (Å²) in [6, 6.07) is 3.63. The minimum absolute atomic E-state index is 0.0182. The van der Waals surface area contributed by atoms with Gasteiger partial charge in [-0.1, -0.05) is 6.92 Å². The van der Waals surface area contributed by atoms with Gasteiger partial charge in [-0.2, -0.15) is 0 Å². The van der Waals surface area contributed by atoms with Crippen LogP contribution in [0.3, 0.4) is 0 Å². The third-order valence-corrected chi connectivity index (χ3v) is 2.54. The van der Waals surface area contributed by atoms with Gasteiger partial charge in [-0.3, -0.25) is 9.78 Å². The highest BCUT2D eigenvalue weighted by Crippen LogP contribution is 2.20. The molecule has 0 saturated heterocycles. The number of rotatable bonds is 6. The summed E-state index contributed by atoms with van der Waals surface area (Å²) in [6.45, 7) is 5.65. The number of amides is 1. The van der Waals surface area contributed by atoms with Crippen LogP contribution in [0.2, 0.25) is 0 Å². The van der Waals surface area contributed by atoms with Crippen molar-refractivity contribution in [3.8, 4) is 5.75 Å². The smallest absolute Gasteiger partial charge is 0.258 e. The first-order chi connectivity index (χ1) is 8.43. The van der Waals surface area contributed by atoms with E-state index in [4.69, 9.17) is 16.2 Å². The maximum atomic E-state index is 11.2. The average Bonchev–Trinajstić information content (AvgIpc) is 2.26. The van der Waals surface area contributed by atoms with E-state index in [1.54, 1.807) is 0 Å². The standard InChI is InChI=1S/C13H21N3O2/c1-4-11(13(15)17)18-12-6-5-9(3)16-10(12)7-8(2)14/h5-6,8,11H,4,7,14H2,1-3H3,(H2,15,17). The molecule has 0 radical (unpaired) electrons. The summed E-state index contributed by atoms with van der Waals surface area (Å²) >= 11 is 0. The van der Waals surface area contributed by atoms with Crippen LogP contribution in [0.5, 0.6) is 5.75 Å². The van der Waals surface area contributed by atoms with Gasteiger partial charge in [0.05, 0.1) is 5.69 Å². The lowest BCUT2D eigenvalue weighted by Crippen LogP contribution is -2.33. The van der Waals surface area contributed by atoms with Crippen molar-refractivity contribution in [2.24, 2.45) is 11.5 Å². The Hall–Kier alpha value is -1.62. The highest BCUT2D eigenvalue weighted by molar-refractivity contribution is 5.79. The lowest BCUT2D eigenvalue weighted by atomic mass is 10.1. The normalized spacial score (nSPS) is 14.0. The number of hydrogen-bond acceptors (Lipinski definition) is 4. The van der Waals surface area contributed by atoms with Gasteiger partial charge >= 0.3 is 0 Å². The molecule has 1 aromatic rings. The number of pyridine rings is 1. The van der Waals surface area contributed by atoms with Gasteiger partial charge in [0, 0.05) is 18.2 Å². The second-order valence-corrected chi connectivity index (χ2v) is 4.50. The average molecular weight is 251 g/mol. The molecule has 0 bridgehead atoms. The van der Waals surface area contributed by atoms with Gasteiger partial charge in [0.1, 0.15) is 5.75 Å². The van der Waals surface area contributed by atoms with E-state index >= 15 is 0 Å². The van der Waals surface area contributed by atoms with Crippen molar-refractivity contribution >= 4 is 5.91 Å². The number of carbonyl (C=O) groups excluding carboxylic acids is 1. The summed E-state index contributed by atoms with van der Waals surface area (Å²) in [4.78, 5) is 15.6. The van der Waals surface area contributed by atoms with Crippen LogP contribution in [0.15, 0.2) is 12.1 Å². The van der Waals surface area contributed by atoms with Crippen LogP contribution in [0.4, 0.5) is 0 Å². The van der Waals surface area contributed by atoms with Crippen molar-refractivity contribution in [3.63, 3.8) is 0 Å². The summed E-state index contributed by atoms with van der Waals surface area (Å²) < 4.78 is 5.62. The number of primary amides is 1. The van der Waals surface area contributed by atoms with E-state index < -0.39 is 12.0 Å². The fourth-order valence-electron chi connectivity index (χ4n) is 1.65. The van der Waals surface area contributed by atoms with Crippen LogP contribution in [0.1, 0.15) is 31.7 Å². The number of hydrogen-bond donors (Lipinski definition) is 2. The summed E-state index contributed by atoms with van der Waals surface area (Å²) in [7, 11) is 0. The monoisotopic (exact) mass is 251 g/mol. The molecule has 5 heteroatoms. The Balaban J connectivity index is 2.96. The molecule has 1 rings (SSSR count). The van der Waals surface area contributed by atoms with Crippen LogP contribution < -0.4 is 16.2 Å². The first-order valence-corrected chi connectivity index (χ1v) is 6.12. The van der Waals surface area contributed by atoms with Gasteiger partial charge in [0.15, 0.2) is 6.10 Å². The molecule has 1 aromatic heterocycles. The maximum absolute atomic E-state index is 11.2. The van der Waals surface area contributed by atoms with Crippen LogP contribution >= 0.6 is 0 Å². The molecule has 0 aliphatic rings. The van der Waals surface area contributed by atoms with Crippen molar-refractivity contribution in [1.82, 2.24) is 4.98 Å². The molecule has 0 saturated carbocycles. The van der Waals surface area contributed by atoms with Gasteiger partial charge in [-0.25, -0.2) is 0 Å². The van der Waals surface area contributed by atoms with E-state index in [0.717, 1.165) is 11.4 Å². The number of aryl methyl sites for hydroxylation is 1. The van der Waals surface area contributed by atoms with Crippen molar-refractivity contribution in [2.75, 3.05) is 0 Å². The fraction of sp³-hybridized carbons (Fsp3) is 0.538. The zero-order valence-corrected chi connectivity index (χ0v) is 11.1. The van der Waals surface area contributed by atoms with E-state index in [-0.39, 0.29) is 6.04 Å². The first kappa shape index (κ1) is 14.4. The van der Waals surface area contributed by atoms with Gasteiger partial charge in [-0.15, -0.1) is 0 Å². The Morgan fingerprint density at radius 3 is 2.67 bits per heavy atom. The zero-order valence-electron chi connectivity index (χ0n) is 11.1. The van der Waals surface area contributed by atoms with Crippen molar-refractivity contribution in [3.05, 3.63) is 23.5 Å². The van der Waals surface area contributed by atoms with Crippen LogP contribution in [0.25, 0.3) is 0 Å². The molecular formula is C13H21N3O2. The largest absolute Gasteiger partial charge is 0.479 e. The van der Waals surface area contributed by atoms with Gasteiger partial charge in [-0.05, 0) is 32.4 Å². The minimum atomic E-state index is -0.624. The molecule has 5 nitrogen and oxygen atoms in total. The molecule has 100 valence electrons. The first-order valence-electron chi connectivity index (χ1n) is 6.12. The zero-order chi connectivity index (χ0) is 13.7. The molecule has 4 N–H and O–H groups in total. The molecule has 0 spiro atoms. The second-order valence-electron chi connectivity index (χ2n) is 4.50. The highest BCUT2D eigenvalue weighted by atomic mass is 16.5. The molecule has 2 unspecified atom stereocenters. The van der Waals surface area contributed by atoms with Gasteiger partial charge in [0.25, 0.3) is 5.91 Å². The Morgan fingerprint density at radius 2 is 2.17 bits per heavy atom. The van der Waals surface area contributed by atoms with Crippen molar-refractivity contribution < 1.29 is 9.53 Å². The summed E-state index contributed by atoms with van der Waals surface area (Å²) in [5, 5.41) is 0. The topological polar surface area (TPSA) is 91.2 Å². The molecular weight excluding hydrogens is 230 g/mol. The molecule has 1 heterocycles. The molecule has 0 fully saturated rings. The number of nitrogens with zero attached hydrogens (tertiary/aromatic N) is 1. The Bertz CT molecular complexity index is 419. The highest BCUT2D eigenvalue weighted by Gasteiger charge is 2.17. The Labute approximate surface area is 108 Å². The van der Waals surface area contributed by atoms with E-state index in [0.29, 0.717) is 18.6 Å². The second kappa shape index (κ2) is 6.35. The predicted octanol–water partition coefficient (Wildman–Crippen LogP) is 0.922. The molecule has 2 atom stereocenters. The van der Waals surface area contributed by atoms with Gasteiger partial charge < -0.3 is 16.2 Å². The number of nitrogens with two attached hydrogens (primary N) is 2.